The molecule has 1 N–H and O–H groups in total. The van der Waals surface area contributed by atoms with Gasteiger partial charge in [0.05, 0.1) is 6.61 Å². The highest BCUT2D eigenvalue weighted by Gasteiger charge is 2.09. The summed E-state index contributed by atoms with van der Waals surface area (Å²) in [6, 6.07) is 0. The van der Waals surface area contributed by atoms with Crippen LogP contribution in [0.2, 0.25) is 0 Å². The minimum Gasteiger partial charge on any atom is -0.396 e. The van der Waals surface area contributed by atoms with Crippen molar-refractivity contribution in [1.82, 2.24) is 5.06 Å². The van der Waals surface area contributed by atoms with Crippen molar-refractivity contribution in [2.75, 3.05) is 26.3 Å². The molecular weight excluding hydrogens is 142 g/mol. The van der Waals surface area contributed by atoms with Gasteiger partial charge >= 0.3 is 0 Å². The third kappa shape index (κ3) is 3.70. The summed E-state index contributed by atoms with van der Waals surface area (Å²) in [6.45, 7) is 3.02. The van der Waals surface area contributed by atoms with Gasteiger partial charge in [-0.3, -0.25) is 4.84 Å². The number of nitrogens with zero attached hydrogens (tertiary/aromatic N) is 1. The van der Waals surface area contributed by atoms with Crippen LogP contribution in [-0.4, -0.2) is 36.5 Å². The van der Waals surface area contributed by atoms with Crippen molar-refractivity contribution in [2.24, 2.45) is 0 Å². The van der Waals surface area contributed by atoms with Crippen LogP contribution >= 0.6 is 0 Å². The molecule has 1 heterocycles. The van der Waals surface area contributed by atoms with Gasteiger partial charge in [0.2, 0.25) is 0 Å². The van der Waals surface area contributed by atoms with Crippen LogP contribution in [0.15, 0.2) is 0 Å². The molecular formula is C8H17NO2. The molecule has 1 saturated heterocycles. The fraction of sp³-hybridized carbons (Fsp3) is 1.00. The average molecular weight is 159 g/mol. The molecule has 0 saturated carbocycles. The molecule has 0 radical (unpaired) electrons. The first-order valence-corrected chi connectivity index (χ1v) is 4.42. The minimum absolute atomic E-state index is 0.230. The van der Waals surface area contributed by atoms with E-state index in [1.165, 1.54) is 19.3 Å². The molecule has 0 bridgehead atoms. The Hall–Kier alpha value is -0.120. The Morgan fingerprint density at radius 1 is 1.18 bits per heavy atom. The van der Waals surface area contributed by atoms with E-state index in [9.17, 15) is 0 Å². The first-order valence-electron chi connectivity index (χ1n) is 4.42. The molecule has 3 nitrogen and oxygen atoms in total. The molecule has 0 amide bonds. The summed E-state index contributed by atoms with van der Waals surface area (Å²) >= 11 is 0. The zero-order valence-electron chi connectivity index (χ0n) is 6.96. The topological polar surface area (TPSA) is 32.7 Å². The maximum Gasteiger partial charge on any atom is 0.0706 e. The van der Waals surface area contributed by atoms with Crippen LogP contribution < -0.4 is 0 Å². The van der Waals surface area contributed by atoms with E-state index < -0.39 is 0 Å². The quantitative estimate of drug-likeness (QED) is 0.615. The normalized spacial score (nSPS) is 20.5. The highest BCUT2D eigenvalue weighted by Crippen LogP contribution is 2.08. The van der Waals surface area contributed by atoms with Gasteiger partial charge in [-0.15, -0.1) is 0 Å². The molecule has 66 valence electrons. The summed E-state index contributed by atoms with van der Waals surface area (Å²) in [7, 11) is 0. The SMILES string of the molecule is OCCCON1CCCCC1. The summed E-state index contributed by atoms with van der Waals surface area (Å²) in [5.74, 6) is 0. The second-order valence-corrected chi connectivity index (χ2v) is 2.90. The first kappa shape index (κ1) is 8.97. The molecule has 0 unspecified atom stereocenters. The van der Waals surface area contributed by atoms with Crippen LogP contribution in [0, 0.1) is 0 Å². The summed E-state index contributed by atoms with van der Waals surface area (Å²) in [5, 5.41) is 10.5. The van der Waals surface area contributed by atoms with Crippen molar-refractivity contribution in [3.63, 3.8) is 0 Å². The smallest absolute Gasteiger partial charge is 0.0706 e. The van der Waals surface area contributed by atoms with Crippen LogP contribution in [0.5, 0.6) is 0 Å². The van der Waals surface area contributed by atoms with E-state index in [1.54, 1.807) is 0 Å². The van der Waals surface area contributed by atoms with Crippen molar-refractivity contribution in [1.29, 1.82) is 0 Å². The molecule has 0 aliphatic carbocycles. The first-order chi connectivity index (χ1) is 5.43. The van der Waals surface area contributed by atoms with E-state index in [1.807, 2.05) is 5.06 Å². The van der Waals surface area contributed by atoms with Gasteiger partial charge in [0.1, 0.15) is 0 Å². The Bertz CT molecular complexity index is 92.1. The van der Waals surface area contributed by atoms with Crippen molar-refractivity contribution in [3.8, 4) is 0 Å². The molecule has 0 aromatic heterocycles. The summed E-state index contributed by atoms with van der Waals surface area (Å²) in [6.07, 6.45) is 4.58. The van der Waals surface area contributed by atoms with E-state index in [0.717, 1.165) is 19.5 Å². The monoisotopic (exact) mass is 159 g/mol. The van der Waals surface area contributed by atoms with Crippen molar-refractivity contribution < 1.29 is 9.94 Å². The van der Waals surface area contributed by atoms with Gasteiger partial charge in [-0.2, -0.15) is 5.06 Å². The number of aliphatic hydroxyl groups is 1. The molecule has 0 aromatic rings. The molecule has 1 rings (SSSR count). The average Bonchev–Trinajstić information content (AvgIpc) is 2.07. The van der Waals surface area contributed by atoms with E-state index in [2.05, 4.69) is 0 Å². The fourth-order valence-electron chi connectivity index (χ4n) is 1.25. The van der Waals surface area contributed by atoms with Gasteiger partial charge in [0, 0.05) is 19.7 Å². The van der Waals surface area contributed by atoms with Crippen molar-refractivity contribution in [3.05, 3.63) is 0 Å². The van der Waals surface area contributed by atoms with Crippen molar-refractivity contribution >= 4 is 0 Å². The van der Waals surface area contributed by atoms with Crippen LogP contribution in [0.1, 0.15) is 25.7 Å². The molecule has 1 aliphatic heterocycles. The van der Waals surface area contributed by atoms with Gasteiger partial charge in [-0.25, -0.2) is 0 Å². The third-order valence-electron chi connectivity index (χ3n) is 1.89. The lowest BCUT2D eigenvalue weighted by Crippen LogP contribution is -2.30. The molecule has 0 atom stereocenters. The predicted octanol–water partition coefficient (Wildman–Crippen LogP) is 0.786. The number of rotatable bonds is 4. The Morgan fingerprint density at radius 2 is 1.91 bits per heavy atom. The maximum atomic E-state index is 8.50. The van der Waals surface area contributed by atoms with Gasteiger partial charge in [-0.05, 0) is 19.3 Å². The van der Waals surface area contributed by atoms with E-state index in [4.69, 9.17) is 9.94 Å². The zero-order valence-corrected chi connectivity index (χ0v) is 6.96. The van der Waals surface area contributed by atoms with Crippen LogP contribution in [0.4, 0.5) is 0 Å². The fourth-order valence-corrected chi connectivity index (χ4v) is 1.25. The molecule has 0 spiro atoms. The number of hydroxylamine groups is 2. The predicted molar refractivity (Wildman–Crippen MR) is 43.1 cm³/mol. The minimum atomic E-state index is 0.230. The van der Waals surface area contributed by atoms with Gasteiger partial charge in [0.25, 0.3) is 0 Å². The molecule has 1 fully saturated rings. The second kappa shape index (κ2) is 5.52. The van der Waals surface area contributed by atoms with E-state index in [-0.39, 0.29) is 6.61 Å². The van der Waals surface area contributed by atoms with Crippen molar-refractivity contribution in [2.45, 2.75) is 25.7 Å². The van der Waals surface area contributed by atoms with E-state index in [0.29, 0.717) is 6.61 Å². The Morgan fingerprint density at radius 3 is 2.55 bits per heavy atom. The summed E-state index contributed by atoms with van der Waals surface area (Å²) < 4.78 is 0. The molecule has 11 heavy (non-hydrogen) atoms. The van der Waals surface area contributed by atoms with Gasteiger partial charge in [0.15, 0.2) is 0 Å². The van der Waals surface area contributed by atoms with Crippen LogP contribution in [-0.2, 0) is 4.84 Å². The number of piperidine rings is 1. The molecule has 3 heteroatoms. The van der Waals surface area contributed by atoms with E-state index >= 15 is 0 Å². The largest absolute Gasteiger partial charge is 0.396 e. The Balaban J connectivity index is 1.96. The second-order valence-electron chi connectivity index (χ2n) is 2.90. The lowest BCUT2D eigenvalue weighted by atomic mass is 10.2. The number of hydrogen-bond donors (Lipinski definition) is 1. The van der Waals surface area contributed by atoms with Crippen LogP contribution in [0.25, 0.3) is 0 Å². The Kier molecular flexibility index (Phi) is 4.50. The van der Waals surface area contributed by atoms with Gasteiger partial charge < -0.3 is 5.11 Å². The Labute approximate surface area is 67.9 Å². The lowest BCUT2D eigenvalue weighted by Gasteiger charge is -2.25. The highest BCUT2D eigenvalue weighted by molar-refractivity contribution is 4.56. The summed E-state index contributed by atoms with van der Waals surface area (Å²) in [5.41, 5.74) is 0. The molecule has 1 aliphatic rings. The molecule has 0 aromatic carbocycles. The van der Waals surface area contributed by atoms with Crippen LogP contribution in [0.3, 0.4) is 0 Å². The zero-order chi connectivity index (χ0) is 7.94. The number of aliphatic hydroxyl groups excluding tert-OH is 1. The third-order valence-corrected chi connectivity index (χ3v) is 1.89. The standard InChI is InChI=1S/C8H17NO2/c10-7-4-8-11-9-5-2-1-3-6-9/h10H,1-8H2. The van der Waals surface area contributed by atoms with Gasteiger partial charge in [-0.1, -0.05) is 6.42 Å². The highest BCUT2D eigenvalue weighted by atomic mass is 16.7. The lowest BCUT2D eigenvalue weighted by molar-refractivity contribution is -0.170. The summed E-state index contributed by atoms with van der Waals surface area (Å²) in [4.78, 5) is 5.40. The number of hydrogen-bond acceptors (Lipinski definition) is 3. The maximum absolute atomic E-state index is 8.50.